The monoisotopic (exact) mass is 268 g/mol. The zero-order valence-corrected chi connectivity index (χ0v) is 11.5. The van der Waals surface area contributed by atoms with E-state index in [0.717, 1.165) is 12.1 Å². The number of aromatic hydroxyl groups is 1. The van der Waals surface area contributed by atoms with Crippen LogP contribution < -0.4 is 5.73 Å². The summed E-state index contributed by atoms with van der Waals surface area (Å²) >= 11 is 5.97. The minimum Gasteiger partial charge on any atom is -0.508 e. The molecule has 1 aromatic rings. The Kier molecular flexibility index (Phi) is 4.49. The summed E-state index contributed by atoms with van der Waals surface area (Å²) in [7, 11) is 2.10. The molecular formula is C14H21ClN2O. The van der Waals surface area contributed by atoms with Crippen molar-refractivity contribution in [3.05, 3.63) is 28.8 Å². The van der Waals surface area contributed by atoms with Gasteiger partial charge < -0.3 is 10.8 Å². The quantitative estimate of drug-likeness (QED) is 0.883. The lowest BCUT2D eigenvalue weighted by Crippen LogP contribution is -2.37. The highest BCUT2D eigenvalue weighted by atomic mass is 35.5. The van der Waals surface area contributed by atoms with Crippen molar-refractivity contribution in [2.24, 2.45) is 11.7 Å². The molecule has 2 rings (SSSR count). The molecule has 3 N–H and O–H groups in total. The smallest absolute Gasteiger partial charge is 0.120 e. The predicted molar refractivity (Wildman–Crippen MR) is 74.8 cm³/mol. The van der Waals surface area contributed by atoms with Gasteiger partial charge in [0.15, 0.2) is 0 Å². The summed E-state index contributed by atoms with van der Waals surface area (Å²) in [5.41, 5.74) is 6.69. The zero-order chi connectivity index (χ0) is 13.1. The number of halogens is 1. The van der Waals surface area contributed by atoms with Gasteiger partial charge in [-0.25, -0.2) is 0 Å². The Hall–Kier alpha value is -0.770. The molecular weight excluding hydrogens is 248 g/mol. The molecule has 0 heterocycles. The summed E-state index contributed by atoms with van der Waals surface area (Å²) in [6.07, 6.45) is 3.66. The SMILES string of the molecule is CN(Cc1cc(Cl)ccc1O)C1CCCC1CN. The van der Waals surface area contributed by atoms with Crippen LogP contribution in [0.5, 0.6) is 5.75 Å². The second-order valence-corrected chi connectivity index (χ2v) is 5.62. The molecule has 1 aliphatic rings. The third-order valence-corrected chi connectivity index (χ3v) is 4.18. The summed E-state index contributed by atoms with van der Waals surface area (Å²) in [5, 5.41) is 10.5. The molecule has 0 amide bonds. The summed E-state index contributed by atoms with van der Waals surface area (Å²) < 4.78 is 0. The molecule has 0 spiro atoms. The van der Waals surface area contributed by atoms with Crippen LogP contribution in [0, 0.1) is 5.92 Å². The Morgan fingerprint density at radius 2 is 2.22 bits per heavy atom. The third-order valence-electron chi connectivity index (χ3n) is 3.95. The van der Waals surface area contributed by atoms with Crippen LogP contribution in [0.1, 0.15) is 24.8 Å². The second-order valence-electron chi connectivity index (χ2n) is 5.18. The number of hydrogen-bond acceptors (Lipinski definition) is 3. The molecule has 18 heavy (non-hydrogen) atoms. The first-order valence-electron chi connectivity index (χ1n) is 6.49. The maximum absolute atomic E-state index is 9.84. The van der Waals surface area contributed by atoms with E-state index in [9.17, 15) is 5.11 Å². The Morgan fingerprint density at radius 1 is 1.44 bits per heavy atom. The summed E-state index contributed by atoms with van der Waals surface area (Å²) in [6.45, 7) is 1.46. The standard InChI is InChI=1S/C14H21ClN2O/c1-17(13-4-2-3-10(13)8-16)9-11-7-12(15)5-6-14(11)18/h5-7,10,13,18H,2-4,8-9,16H2,1H3. The van der Waals surface area contributed by atoms with Gasteiger partial charge >= 0.3 is 0 Å². The van der Waals surface area contributed by atoms with Gasteiger partial charge in [-0.05, 0) is 50.6 Å². The highest BCUT2D eigenvalue weighted by molar-refractivity contribution is 6.30. The first-order valence-corrected chi connectivity index (χ1v) is 6.87. The minimum atomic E-state index is 0.313. The first-order chi connectivity index (χ1) is 8.61. The lowest BCUT2D eigenvalue weighted by molar-refractivity contribution is 0.191. The normalized spacial score (nSPS) is 23.8. The summed E-state index contributed by atoms with van der Waals surface area (Å²) in [5.74, 6) is 0.893. The topological polar surface area (TPSA) is 49.5 Å². The van der Waals surface area contributed by atoms with Gasteiger partial charge in [-0.1, -0.05) is 18.0 Å². The van der Waals surface area contributed by atoms with Crippen molar-refractivity contribution < 1.29 is 5.11 Å². The van der Waals surface area contributed by atoms with Crippen molar-refractivity contribution >= 4 is 11.6 Å². The van der Waals surface area contributed by atoms with Crippen LogP contribution in [0.4, 0.5) is 0 Å². The molecule has 2 atom stereocenters. The Balaban J connectivity index is 2.06. The van der Waals surface area contributed by atoms with Gasteiger partial charge in [-0.2, -0.15) is 0 Å². The van der Waals surface area contributed by atoms with E-state index in [1.165, 1.54) is 19.3 Å². The van der Waals surface area contributed by atoms with E-state index < -0.39 is 0 Å². The number of phenols is 1. The van der Waals surface area contributed by atoms with Gasteiger partial charge in [-0.15, -0.1) is 0 Å². The number of rotatable bonds is 4. The number of nitrogens with zero attached hydrogens (tertiary/aromatic N) is 1. The molecule has 2 unspecified atom stereocenters. The molecule has 1 fully saturated rings. The molecule has 3 nitrogen and oxygen atoms in total. The highest BCUT2D eigenvalue weighted by Crippen LogP contribution is 2.31. The molecule has 0 saturated heterocycles. The van der Waals surface area contributed by atoms with E-state index in [0.29, 0.717) is 29.3 Å². The maximum Gasteiger partial charge on any atom is 0.120 e. The minimum absolute atomic E-state index is 0.313. The molecule has 1 aliphatic carbocycles. The molecule has 0 bridgehead atoms. The van der Waals surface area contributed by atoms with E-state index in [-0.39, 0.29) is 0 Å². The van der Waals surface area contributed by atoms with Crippen LogP contribution in [0.25, 0.3) is 0 Å². The van der Waals surface area contributed by atoms with Crippen LogP contribution in [0.2, 0.25) is 5.02 Å². The largest absolute Gasteiger partial charge is 0.508 e. The van der Waals surface area contributed by atoms with E-state index in [2.05, 4.69) is 11.9 Å². The van der Waals surface area contributed by atoms with Crippen LogP contribution in [0.15, 0.2) is 18.2 Å². The van der Waals surface area contributed by atoms with Crippen molar-refractivity contribution in [3.63, 3.8) is 0 Å². The van der Waals surface area contributed by atoms with Crippen molar-refractivity contribution in [2.75, 3.05) is 13.6 Å². The van der Waals surface area contributed by atoms with Crippen molar-refractivity contribution in [3.8, 4) is 5.75 Å². The van der Waals surface area contributed by atoms with E-state index >= 15 is 0 Å². The fourth-order valence-corrected chi connectivity index (χ4v) is 3.13. The van der Waals surface area contributed by atoms with E-state index in [1.807, 2.05) is 6.07 Å². The number of phenolic OH excluding ortho intramolecular Hbond substituents is 1. The highest BCUT2D eigenvalue weighted by Gasteiger charge is 2.29. The Labute approximate surface area is 114 Å². The molecule has 1 aromatic carbocycles. The van der Waals surface area contributed by atoms with Crippen molar-refractivity contribution in [1.29, 1.82) is 0 Å². The van der Waals surface area contributed by atoms with E-state index in [4.69, 9.17) is 17.3 Å². The third kappa shape index (κ3) is 2.97. The fraction of sp³-hybridized carbons (Fsp3) is 0.571. The molecule has 0 aliphatic heterocycles. The van der Waals surface area contributed by atoms with Crippen LogP contribution in [-0.2, 0) is 6.54 Å². The number of nitrogens with two attached hydrogens (primary N) is 1. The lowest BCUT2D eigenvalue weighted by Gasteiger charge is -2.29. The first kappa shape index (κ1) is 13.7. The average molecular weight is 269 g/mol. The number of hydrogen-bond donors (Lipinski definition) is 2. The Bertz CT molecular complexity index is 411. The molecule has 0 radical (unpaired) electrons. The molecule has 1 saturated carbocycles. The summed E-state index contributed by atoms with van der Waals surface area (Å²) in [6, 6.07) is 5.72. The second kappa shape index (κ2) is 5.91. The maximum atomic E-state index is 9.84. The van der Waals surface area contributed by atoms with E-state index in [1.54, 1.807) is 12.1 Å². The molecule has 4 heteroatoms. The van der Waals surface area contributed by atoms with Gasteiger partial charge in [0.1, 0.15) is 5.75 Å². The van der Waals surface area contributed by atoms with Crippen LogP contribution in [0.3, 0.4) is 0 Å². The van der Waals surface area contributed by atoms with Crippen LogP contribution >= 0.6 is 11.6 Å². The fourth-order valence-electron chi connectivity index (χ4n) is 2.94. The molecule has 100 valence electrons. The van der Waals surface area contributed by atoms with Crippen molar-refractivity contribution in [2.45, 2.75) is 31.8 Å². The van der Waals surface area contributed by atoms with Gasteiger partial charge in [-0.3, -0.25) is 4.90 Å². The number of benzene rings is 1. The van der Waals surface area contributed by atoms with Crippen LogP contribution in [-0.4, -0.2) is 29.6 Å². The van der Waals surface area contributed by atoms with Gasteiger partial charge in [0, 0.05) is 23.2 Å². The van der Waals surface area contributed by atoms with Crippen molar-refractivity contribution in [1.82, 2.24) is 4.90 Å². The summed E-state index contributed by atoms with van der Waals surface area (Å²) in [4.78, 5) is 2.29. The van der Waals surface area contributed by atoms with Gasteiger partial charge in [0.2, 0.25) is 0 Å². The predicted octanol–water partition coefficient (Wildman–Crippen LogP) is 2.60. The Morgan fingerprint density at radius 3 is 2.94 bits per heavy atom. The van der Waals surface area contributed by atoms with Gasteiger partial charge in [0.05, 0.1) is 0 Å². The lowest BCUT2D eigenvalue weighted by atomic mass is 10.0. The average Bonchev–Trinajstić information content (AvgIpc) is 2.82. The molecule has 0 aromatic heterocycles. The van der Waals surface area contributed by atoms with Gasteiger partial charge in [0.25, 0.3) is 0 Å². The zero-order valence-electron chi connectivity index (χ0n) is 10.8.